The molecule has 0 fully saturated rings. The summed E-state index contributed by atoms with van der Waals surface area (Å²) in [6.45, 7) is 1.44. The van der Waals surface area contributed by atoms with Crippen LogP contribution in [0.15, 0.2) is 92.7 Å². The number of carboxylic acid groups (broad SMARTS) is 1. The molecule has 1 unspecified atom stereocenters. The van der Waals surface area contributed by atoms with Crippen molar-refractivity contribution < 1.29 is 28.3 Å². The Bertz CT molecular complexity index is 1830. The molecule has 2 heterocycles. The Balaban J connectivity index is 1.19. The van der Waals surface area contributed by atoms with E-state index in [1.807, 2.05) is 73.7 Å². The maximum atomic E-state index is 12.8. The van der Waals surface area contributed by atoms with Crippen molar-refractivity contribution in [3.8, 4) is 11.1 Å². The SMILES string of the molecule is Cc1c(CCC(=O)NCC(=O)NC(CSCc2ccccc2)C(=O)O)c(=O)oc2cc3occ(-c4ccccc4)c3cc12. The van der Waals surface area contributed by atoms with Crippen LogP contribution < -0.4 is 16.3 Å². The molecule has 3 N–H and O–H groups in total. The van der Waals surface area contributed by atoms with Crippen LogP contribution in [-0.2, 0) is 26.6 Å². The topological polar surface area (TPSA) is 139 Å². The van der Waals surface area contributed by atoms with Gasteiger partial charge in [-0.3, -0.25) is 9.59 Å². The average Bonchev–Trinajstić information content (AvgIpc) is 3.42. The van der Waals surface area contributed by atoms with Crippen molar-refractivity contribution >= 4 is 51.5 Å². The van der Waals surface area contributed by atoms with Crippen molar-refractivity contribution in [1.82, 2.24) is 10.6 Å². The quantitative estimate of drug-likeness (QED) is 0.169. The monoisotopic (exact) mass is 598 g/mol. The number of aryl methyl sites for hydroxylation is 1. The highest BCUT2D eigenvalue weighted by Gasteiger charge is 2.21. The molecule has 2 amide bonds. The largest absolute Gasteiger partial charge is 0.480 e. The molecule has 0 aliphatic heterocycles. The number of hydrogen-bond donors (Lipinski definition) is 3. The number of benzene rings is 3. The zero-order chi connectivity index (χ0) is 30.3. The average molecular weight is 599 g/mol. The van der Waals surface area contributed by atoms with E-state index in [2.05, 4.69) is 10.6 Å². The molecule has 0 aliphatic rings. The summed E-state index contributed by atoms with van der Waals surface area (Å²) in [7, 11) is 0. The molecule has 5 aromatic rings. The Morgan fingerprint density at radius 1 is 0.930 bits per heavy atom. The number of rotatable bonds is 12. The van der Waals surface area contributed by atoms with Gasteiger partial charge in [0.15, 0.2) is 0 Å². The minimum Gasteiger partial charge on any atom is -0.480 e. The van der Waals surface area contributed by atoms with Gasteiger partial charge in [-0.25, -0.2) is 9.59 Å². The molecule has 0 spiro atoms. The Labute approximate surface area is 251 Å². The van der Waals surface area contributed by atoms with Crippen LogP contribution in [0.5, 0.6) is 0 Å². The minimum atomic E-state index is -1.15. The van der Waals surface area contributed by atoms with Crippen LogP contribution in [-0.4, -0.2) is 41.2 Å². The molecule has 1 atom stereocenters. The Kier molecular flexibility index (Phi) is 9.26. The summed E-state index contributed by atoms with van der Waals surface area (Å²) in [6.07, 6.45) is 1.74. The first-order valence-electron chi connectivity index (χ1n) is 13.7. The number of carbonyl (C=O) groups is 3. The van der Waals surface area contributed by atoms with Crippen LogP contribution in [0, 0.1) is 6.92 Å². The summed E-state index contributed by atoms with van der Waals surface area (Å²) >= 11 is 1.39. The van der Waals surface area contributed by atoms with E-state index >= 15 is 0 Å². The molecule has 43 heavy (non-hydrogen) atoms. The maximum Gasteiger partial charge on any atom is 0.339 e. The molecule has 0 bridgehead atoms. The van der Waals surface area contributed by atoms with Crippen LogP contribution in [0.2, 0.25) is 0 Å². The molecular formula is C33H30N2O7S. The number of carboxylic acids is 1. The number of amides is 2. The fourth-order valence-corrected chi connectivity index (χ4v) is 5.84. The predicted molar refractivity (Wildman–Crippen MR) is 166 cm³/mol. The molecule has 10 heteroatoms. The normalized spacial score (nSPS) is 11.8. The van der Waals surface area contributed by atoms with E-state index in [1.54, 1.807) is 12.3 Å². The van der Waals surface area contributed by atoms with Crippen LogP contribution >= 0.6 is 11.8 Å². The zero-order valence-corrected chi connectivity index (χ0v) is 24.2. The van der Waals surface area contributed by atoms with Crippen LogP contribution in [0.3, 0.4) is 0 Å². The number of hydrogen-bond acceptors (Lipinski definition) is 7. The van der Waals surface area contributed by atoms with Crippen molar-refractivity contribution in [1.29, 1.82) is 0 Å². The van der Waals surface area contributed by atoms with Gasteiger partial charge >= 0.3 is 11.6 Å². The van der Waals surface area contributed by atoms with E-state index in [9.17, 15) is 24.3 Å². The lowest BCUT2D eigenvalue weighted by molar-refractivity contribution is -0.141. The van der Waals surface area contributed by atoms with Crippen molar-refractivity contribution in [3.63, 3.8) is 0 Å². The van der Waals surface area contributed by atoms with Gasteiger partial charge in [-0.15, -0.1) is 0 Å². The van der Waals surface area contributed by atoms with Gasteiger partial charge in [0, 0.05) is 45.9 Å². The smallest absolute Gasteiger partial charge is 0.339 e. The Morgan fingerprint density at radius 3 is 2.37 bits per heavy atom. The maximum absolute atomic E-state index is 12.8. The zero-order valence-electron chi connectivity index (χ0n) is 23.4. The summed E-state index contributed by atoms with van der Waals surface area (Å²) in [5.74, 6) is -1.42. The highest BCUT2D eigenvalue weighted by Crippen LogP contribution is 2.34. The van der Waals surface area contributed by atoms with Gasteiger partial charge in [-0.2, -0.15) is 11.8 Å². The van der Waals surface area contributed by atoms with Gasteiger partial charge in [0.25, 0.3) is 0 Å². The number of nitrogens with one attached hydrogen (secondary N) is 2. The van der Waals surface area contributed by atoms with Gasteiger partial charge in [0.2, 0.25) is 11.8 Å². The fourth-order valence-electron chi connectivity index (χ4n) is 4.84. The first kappa shape index (κ1) is 29.7. The van der Waals surface area contributed by atoms with Crippen molar-refractivity contribution in [2.24, 2.45) is 0 Å². The first-order valence-corrected chi connectivity index (χ1v) is 14.9. The number of furan rings is 1. The second-order valence-corrected chi connectivity index (χ2v) is 11.1. The van der Waals surface area contributed by atoms with Crippen LogP contribution in [0.1, 0.15) is 23.1 Å². The summed E-state index contributed by atoms with van der Waals surface area (Å²) in [5.41, 5.74) is 4.50. The number of thioether (sulfide) groups is 1. The van der Waals surface area contributed by atoms with Gasteiger partial charge < -0.3 is 24.6 Å². The molecule has 5 rings (SSSR count). The third-order valence-corrected chi connectivity index (χ3v) is 8.25. The van der Waals surface area contributed by atoms with Gasteiger partial charge in [-0.1, -0.05) is 60.7 Å². The lowest BCUT2D eigenvalue weighted by atomic mass is 9.99. The molecule has 0 saturated carbocycles. The van der Waals surface area contributed by atoms with E-state index in [1.165, 1.54) is 11.8 Å². The minimum absolute atomic E-state index is 0.0527. The second kappa shape index (κ2) is 13.4. The summed E-state index contributed by atoms with van der Waals surface area (Å²) < 4.78 is 11.3. The summed E-state index contributed by atoms with van der Waals surface area (Å²) in [5, 5.41) is 16.1. The Hall–Kier alpha value is -4.83. The van der Waals surface area contributed by atoms with E-state index in [-0.39, 0.29) is 25.1 Å². The van der Waals surface area contributed by atoms with E-state index < -0.39 is 29.5 Å². The molecule has 9 nitrogen and oxygen atoms in total. The first-order chi connectivity index (χ1) is 20.8. The highest BCUT2D eigenvalue weighted by molar-refractivity contribution is 7.98. The lowest BCUT2D eigenvalue weighted by Gasteiger charge is -2.15. The van der Waals surface area contributed by atoms with Gasteiger partial charge in [0.1, 0.15) is 17.2 Å². The predicted octanol–water partition coefficient (Wildman–Crippen LogP) is 5.07. The van der Waals surface area contributed by atoms with E-state index in [0.29, 0.717) is 28.0 Å². The summed E-state index contributed by atoms with van der Waals surface area (Å²) in [6, 6.07) is 22.0. The molecule has 0 radical (unpaired) electrons. The van der Waals surface area contributed by atoms with E-state index in [0.717, 1.165) is 27.5 Å². The molecular weight excluding hydrogens is 568 g/mol. The molecule has 220 valence electrons. The standard InChI is InChI=1S/C33H30N2O7S/c1-20-23(33(40)42-29-15-28-25(14-24(20)29)26(17-41-28)22-10-6-3-7-11-22)12-13-30(36)34-16-31(37)35-27(32(38)39)19-43-18-21-8-4-2-5-9-21/h2-11,14-15,17,27H,12-13,16,18-19H2,1H3,(H,34,36)(H,35,37)(H,38,39). The Morgan fingerprint density at radius 2 is 1.65 bits per heavy atom. The van der Waals surface area contributed by atoms with Crippen molar-refractivity contribution in [3.05, 3.63) is 106 Å². The highest BCUT2D eigenvalue weighted by atomic mass is 32.2. The second-order valence-electron chi connectivity index (χ2n) is 10.1. The van der Waals surface area contributed by atoms with Crippen LogP contribution in [0.25, 0.3) is 33.1 Å². The molecule has 3 aromatic carbocycles. The van der Waals surface area contributed by atoms with Gasteiger partial charge in [0.05, 0.1) is 12.8 Å². The molecule has 0 aliphatic carbocycles. The number of aliphatic carboxylic acids is 1. The van der Waals surface area contributed by atoms with Gasteiger partial charge in [-0.05, 0) is 36.1 Å². The summed E-state index contributed by atoms with van der Waals surface area (Å²) in [4.78, 5) is 49.3. The van der Waals surface area contributed by atoms with Crippen molar-refractivity contribution in [2.75, 3.05) is 12.3 Å². The molecule has 2 aromatic heterocycles. The van der Waals surface area contributed by atoms with Crippen molar-refractivity contribution in [2.45, 2.75) is 31.6 Å². The van der Waals surface area contributed by atoms with E-state index in [4.69, 9.17) is 8.83 Å². The third kappa shape index (κ3) is 7.15. The third-order valence-electron chi connectivity index (χ3n) is 7.14. The molecule has 0 saturated heterocycles. The fraction of sp³-hybridized carbons (Fsp3) is 0.212. The van der Waals surface area contributed by atoms with Crippen LogP contribution in [0.4, 0.5) is 0 Å². The number of carbonyl (C=O) groups excluding carboxylic acids is 2. The number of fused-ring (bicyclic) bond motifs is 2. The lowest BCUT2D eigenvalue weighted by Crippen LogP contribution is -2.46.